The summed E-state index contributed by atoms with van der Waals surface area (Å²) in [4.78, 5) is 19.9. The number of carbonyl (C=O) groups excluding carboxylic acids is 1. The standard InChI is InChI=1S/C25H31F3N2O/c1-17(2)20(16-30-11-7-4-8-12-30)15-24(31)19-13-18(3)29-23(14-19)21-9-5-6-10-22(21)25(26,27)28/h5-6,9-10,13-14,17,20H,4,7-8,11-12,15-16H2,1-3H3/t20-/m0/s1. The van der Waals surface area contributed by atoms with Crippen molar-refractivity contribution < 1.29 is 18.0 Å². The number of aryl methyl sites for hydroxylation is 1. The average molecular weight is 433 g/mol. The Morgan fingerprint density at radius 3 is 2.42 bits per heavy atom. The van der Waals surface area contributed by atoms with E-state index in [1.807, 2.05) is 0 Å². The Balaban J connectivity index is 1.85. The number of hydrogen-bond donors (Lipinski definition) is 0. The van der Waals surface area contributed by atoms with E-state index < -0.39 is 11.7 Å². The molecule has 1 fully saturated rings. The zero-order valence-electron chi connectivity index (χ0n) is 18.5. The molecule has 168 valence electrons. The van der Waals surface area contributed by atoms with Gasteiger partial charge in [0.05, 0.1) is 11.3 Å². The number of carbonyl (C=O) groups is 1. The van der Waals surface area contributed by atoms with Gasteiger partial charge in [0, 0.05) is 29.8 Å². The number of likely N-dealkylation sites (tertiary alicyclic amines) is 1. The molecular weight excluding hydrogens is 401 g/mol. The highest BCUT2D eigenvalue weighted by Gasteiger charge is 2.34. The predicted octanol–water partition coefficient (Wildman–Crippen LogP) is 6.41. The van der Waals surface area contributed by atoms with Crippen molar-refractivity contribution in [3.63, 3.8) is 0 Å². The monoisotopic (exact) mass is 432 g/mol. The van der Waals surface area contributed by atoms with Crippen LogP contribution in [-0.2, 0) is 6.18 Å². The van der Waals surface area contributed by atoms with E-state index in [2.05, 4.69) is 23.7 Å². The highest BCUT2D eigenvalue weighted by molar-refractivity contribution is 5.97. The SMILES string of the molecule is Cc1cc(C(=O)C[C@@H](CN2CCCCC2)C(C)C)cc(-c2ccccc2C(F)(F)F)n1. The quantitative estimate of drug-likeness (QED) is 0.474. The zero-order valence-corrected chi connectivity index (χ0v) is 18.5. The van der Waals surface area contributed by atoms with E-state index in [9.17, 15) is 18.0 Å². The number of halogens is 3. The average Bonchev–Trinajstić information content (AvgIpc) is 2.73. The van der Waals surface area contributed by atoms with Crippen molar-refractivity contribution in [2.45, 2.75) is 52.6 Å². The molecule has 2 aromatic rings. The van der Waals surface area contributed by atoms with E-state index in [0.717, 1.165) is 25.7 Å². The van der Waals surface area contributed by atoms with E-state index in [4.69, 9.17) is 0 Å². The molecule has 0 saturated carbocycles. The lowest BCUT2D eigenvalue weighted by atomic mass is 9.87. The molecule has 0 unspecified atom stereocenters. The minimum Gasteiger partial charge on any atom is -0.303 e. The van der Waals surface area contributed by atoms with Gasteiger partial charge >= 0.3 is 6.18 Å². The first-order chi connectivity index (χ1) is 14.6. The van der Waals surface area contributed by atoms with Gasteiger partial charge in [0.2, 0.25) is 0 Å². The summed E-state index contributed by atoms with van der Waals surface area (Å²) in [6.07, 6.45) is -0.434. The molecule has 1 atom stereocenters. The molecule has 0 aliphatic carbocycles. The van der Waals surface area contributed by atoms with Crippen molar-refractivity contribution in [2.24, 2.45) is 11.8 Å². The third kappa shape index (κ3) is 6.16. The summed E-state index contributed by atoms with van der Waals surface area (Å²) in [6.45, 7) is 9.01. The Hall–Kier alpha value is -2.21. The summed E-state index contributed by atoms with van der Waals surface area (Å²) in [5.74, 6) is 0.524. The summed E-state index contributed by atoms with van der Waals surface area (Å²) in [5, 5.41) is 0. The van der Waals surface area contributed by atoms with Crippen LogP contribution in [0.15, 0.2) is 36.4 Å². The third-order valence-electron chi connectivity index (χ3n) is 6.12. The van der Waals surface area contributed by atoms with E-state index >= 15 is 0 Å². The van der Waals surface area contributed by atoms with Crippen LogP contribution < -0.4 is 0 Å². The maximum Gasteiger partial charge on any atom is 0.417 e. The molecule has 1 aliphatic rings. The largest absolute Gasteiger partial charge is 0.417 e. The molecule has 6 heteroatoms. The van der Waals surface area contributed by atoms with Gasteiger partial charge in [-0.2, -0.15) is 13.2 Å². The number of benzene rings is 1. The fourth-order valence-electron chi connectivity index (χ4n) is 4.26. The van der Waals surface area contributed by atoms with Crippen molar-refractivity contribution >= 4 is 5.78 Å². The minimum atomic E-state index is -4.48. The van der Waals surface area contributed by atoms with Crippen LogP contribution in [0.3, 0.4) is 0 Å². The van der Waals surface area contributed by atoms with E-state index in [1.165, 1.54) is 37.5 Å². The highest BCUT2D eigenvalue weighted by atomic mass is 19.4. The van der Waals surface area contributed by atoms with Crippen LogP contribution in [0.25, 0.3) is 11.3 Å². The summed E-state index contributed by atoms with van der Waals surface area (Å²) >= 11 is 0. The zero-order chi connectivity index (χ0) is 22.6. The van der Waals surface area contributed by atoms with Crippen LogP contribution in [0.1, 0.15) is 61.1 Å². The van der Waals surface area contributed by atoms with Crippen molar-refractivity contribution in [1.82, 2.24) is 9.88 Å². The second-order valence-electron chi connectivity index (χ2n) is 8.92. The minimum absolute atomic E-state index is 0.00137. The molecular formula is C25H31F3N2O. The van der Waals surface area contributed by atoms with Gasteiger partial charge in [-0.25, -0.2) is 0 Å². The summed E-state index contributed by atoms with van der Waals surface area (Å²) < 4.78 is 40.4. The molecule has 0 spiro atoms. The van der Waals surface area contributed by atoms with Crippen LogP contribution in [0, 0.1) is 18.8 Å². The molecule has 0 bridgehead atoms. The fourth-order valence-corrected chi connectivity index (χ4v) is 4.26. The number of aromatic nitrogens is 1. The van der Waals surface area contributed by atoms with E-state index in [1.54, 1.807) is 19.1 Å². The van der Waals surface area contributed by atoms with E-state index in [0.29, 0.717) is 23.6 Å². The maximum absolute atomic E-state index is 13.5. The Kier molecular flexibility index (Phi) is 7.52. The highest BCUT2D eigenvalue weighted by Crippen LogP contribution is 2.36. The lowest BCUT2D eigenvalue weighted by Gasteiger charge is -2.32. The topological polar surface area (TPSA) is 33.2 Å². The molecule has 3 nitrogen and oxygen atoms in total. The molecule has 0 N–H and O–H groups in total. The van der Waals surface area contributed by atoms with Crippen LogP contribution in [0.4, 0.5) is 13.2 Å². The number of nitrogens with zero attached hydrogens (tertiary/aromatic N) is 2. The van der Waals surface area contributed by atoms with Crippen molar-refractivity contribution in [3.8, 4) is 11.3 Å². The van der Waals surface area contributed by atoms with Gasteiger partial charge in [-0.3, -0.25) is 9.78 Å². The first-order valence-electron chi connectivity index (χ1n) is 11.1. The summed E-state index contributed by atoms with van der Waals surface area (Å²) in [6, 6.07) is 8.57. The Labute approximate surface area is 182 Å². The molecule has 0 amide bonds. The van der Waals surface area contributed by atoms with Crippen LogP contribution >= 0.6 is 0 Å². The lowest BCUT2D eigenvalue weighted by molar-refractivity contribution is -0.137. The molecule has 2 heterocycles. The smallest absolute Gasteiger partial charge is 0.303 e. The van der Waals surface area contributed by atoms with Gasteiger partial charge < -0.3 is 4.90 Å². The molecule has 0 radical (unpaired) electrons. The molecule has 1 aromatic carbocycles. The van der Waals surface area contributed by atoms with Gasteiger partial charge in [0.1, 0.15) is 0 Å². The first-order valence-corrected chi connectivity index (χ1v) is 11.1. The normalized spacial score (nSPS) is 16.5. The summed E-state index contributed by atoms with van der Waals surface area (Å²) in [7, 11) is 0. The van der Waals surface area contributed by atoms with Crippen LogP contribution in [0.2, 0.25) is 0 Å². The number of rotatable bonds is 7. The van der Waals surface area contributed by atoms with Gasteiger partial charge in [-0.1, -0.05) is 38.5 Å². The van der Waals surface area contributed by atoms with Gasteiger partial charge in [0.15, 0.2) is 5.78 Å². The number of pyridine rings is 1. The maximum atomic E-state index is 13.5. The predicted molar refractivity (Wildman–Crippen MR) is 117 cm³/mol. The fraction of sp³-hybridized carbons (Fsp3) is 0.520. The second-order valence-corrected chi connectivity index (χ2v) is 8.92. The Bertz CT molecular complexity index is 902. The van der Waals surface area contributed by atoms with Crippen LogP contribution in [0.5, 0.6) is 0 Å². The molecule has 3 rings (SSSR count). The summed E-state index contributed by atoms with van der Waals surface area (Å²) in [5.41, 5.74) is 0.422. The number of Topliss-reactive ketones (excluding diaryl/α,β-unsaturated/α-hetero) is 1. The first kappa shape index (κ1) is 23.5. The molecule has 1 saturated heterocycles. The van der Waals surface area contributed by atoms with Crippen molar-refractivity contribution in [3.05, 3.63) is 53.2 Å². The van der Waals surface area contributed by atoms with Crippen molar-refractivity contribution in [1.29, 1.82) is 0 Å². The molecule has 31 heavy (non-hydrogen) atoms. The number of hydrogen-bond acceptors (Lipinski definition) is 3. The van der Waals surface area contributed by atoms with E-state index in [-0.39, 0.29) is 23.0 Å². The third-order valence-corrected chi connectivity index (χ3v) is 6.12. The van der Waals surface area contributed by atoms with Gasteiger partial charge in [0.25, 0.3) is 0 Å². The number of piperidine rings is 1. The number of ketones is 1. The van der Waals surface area contributed by atoms with Gasteiger partial charge in [-0.15, -0.1) is 0 Å². The van der Waals surface area contributed by atoms with Crippen molar-refractivity contribution in [2.75, 3.05) is 19.6 Å². The number of alkyl halides is 3. The Morgan fingerprint density at radius 1 is 1.10 bits per heavy atom. The molecule has 1 aliphatic heterocycles. The van der Waals surface area contributed by atoms with Gasteiger partial charge in [-0.05, 0) is 62.9 Å². The molecule has 1 aromatic heterocycles. The lowest BCUT2D eigenvalue weighted by Crippen LogP contribution is -2.36. The Morgan fingerprint density at radius 2 is 1.77 bits per heavy atom. The van der Waals surface area contributed by atoms with Crippen LogP contribution in [-0.4, -0.2) is 35.3 Å². The second kappa shape index (κ2) is 9.94.